The standard InChI is InChI=1S/C19H23FN2O2/c20-16-4-2-1-3-15(16)18(24)22-21-17(23)11-19-8-12-5-13(9-19)7-14(6-12)10-19/h1-4,12-14H,5-11H2,(H,21,23)(H,22,24). The quantitative estimate of drug-likeness (QED) is 0.836. The maximum atomic E-state index is 13.6. The average molecular weight is 330 g/mol. The molecule has 5 heteroatoms. The van der Waals surface area contributed by atoms with E-state index < -0.39 is 11.7 Å². The highest BCUT2D eigenvalue weighted by Crippen LogP contribution is 2.61. The third kappa shape index (κ3) is 2.92. The summed E-state index contributed by atoms with van der Waals surface area (Å²) < 4.78 is 13.6. The molecule has 128 valence electrons. The first-order valence-corrected chi connectivity index (χ1v) is 8.87. The number of carbonyl (C=O) groups excluding carboxylic acids is 2. The second-order valence-electron chi connectivity index (χ2n) is 8.08. The molecule has 0 aromatic heterocycles. The summed E-state index contributed by atoms with van der Waals surface area (Å²) >= 11 is 0. The van der Waals surface area contributed by atoms with Gasteiger partial charge in [0.1, 0.15) is 5.82 Å². The van der Waals surface area contributed by atoms with E-state index in [1.165, 1.54) is 37.5 Å². The monoisotopic (exact) mass is 330 g/mol. The summed E-state index contributed by atoms with van der Waals surface area (Å²) in [5.74, 6) is 0.991. The highest BCUT2D eigenvalue weighted by Gasteiger charge is 2.51. The van der Waals surface area contributed by atoms with E-state index in [-0.39, 0.29) is 16.9 Å². The molecule has 0 spiro atoms. The Morgan fingerprint density at radius 1 is 1.00 bits per heavy atom. The molecule has 0 unspecified atom stereocenters. The van der Waals surface area contributed by atoms with Crippen molar-refractivity contribution in [3.05, 3.63) is 35.6 Å². The molecule has 2 amide bonds. The van der Waals surface area contributed by atoms with E-state index in [0.29, 0.717) is 6.42 Å². The Kier molecular flexibility index (Phi) is 3.82. The second kappa shape index (κ2) is 5.87. The van der Waals surface area contributed by atoms with Crippen molar-refractivity contribution >= 4 is 11.8 Å². The molecule has 0 aliphatic heterocycles. The summed E-state index contributed by atoms with van der Waals surface area (Å²) in [6.45, 7) is 0. The van der Waals surface area contributed by atoms with Crippen molar-refractivity contribution in [3.63, 3.8) is 0 Å². The number of nitrogens with one attached hydrogen (secondary N) is 2. The van der Waals surface area contributed by atoms with Crippen LogP contribution in [0.5, 0.6) is 0 Å². The second-order valence-corrected chi connectivity index (χ2v) is 8.08. The van der Waals surface area contributed by atoms with Crippen LogP contribution in [0.15, 0.2) is 24.3 Å². The molecule has 0 heterocycles. The Bertz CT molecular complexity index is 638. The van der Waals surface area contributed by atoms with E-state index in [0.717, 1.165) is 37.0 Å². The minimum atomic E-state index is -0.619. The number of hydrogen-bond donors (Lipinski definition) is 2. The van der Waals surface area contributed by atoms with Gasteiger partial charge < -0.3 is 0 Å². The predicted molar refractivity (Wildman–Crippen MR) is 87.2 cm³/mol. The smallest absolute Gasteiger partial charge is 0.272 e. The van der Waals surface area contributed by atoms with E-state index in [9.17, 15) is 14.0 Å². The SMILES string of the molecule is O=C(CC12CC3CC(CC(C3)C1)C2)NNC(=O)c1ccccc1F. The van der Waals surface area contributed by atoms with Crippen LogP contribution >= 0.6 is 0 Å². The van der Waals surface area contributed by atoms with Crippen molar-refractivity contribution in [2.75, 3.05) is 0 Å². The molecular weight excluding hydrogens is 307 g/mol. The van der Waals surface area contributed by atoms with E-state index in [1.807, 2.05) is 0 Å². The molecular formula is C19H23FN2O2. The van der Waals surface area contributed by atoms with Crippen molar-refractivity contribution in [1.82, 2.24) is 10.9 Å². The van der Waals surface area contributed by atoms with Crippen LogP contribution in [0.4, 0.5) is 4.39 Å². The van der Waals surface area contributed by atoms with Crippen LogP contribution in [-0.2, 0) is 4.79 Å². The highest BCUT2D eigenvalue weighted by molar-refractivity contribution is 5.95. The van der Waals surface area contributed by atoms with Gasteiger partial charge in [-0.2, -0.15) is 0 Å². The van der Waals surface area contributed by atoms with E-state index in [4.69, 9.17) is 0 Å². The zero-order valence-electron chi connectivity index (χ0n) is 13.7. The van der Waals surface area contributed by atoms with Crippen LogP contribution in [0.1, 0.15) is 55.3 Å². The molecule has 24 heavy (non-hydrogen) atoms. The van der Waals surface area contributed by atoms with E-state index >= 15 is 0 Å². The summed E-state index contributed by atoms with van der Waals surface area (Å²) in [4.78, 5) is 24.3. The zero-order chi connectivity index (χ0) is 16.7. The lowest BCUT2D eigenvalue weighted by molar-refractivity contribution is -0.130. The fourth-order valence-electron chi connectivity index (χ4n) is 5.73. The highest BCUT2D eigenvalue weighted by atomic mass is 19.1. The molecule has 4 bridgehead atoms. The van der Waals surface area contributed by atoms with Crippen molar-refractivity contribution in [2.24, 2.45) is 23.2 Å². The molecule has 2 N–H and O–H groups in total. The van der Waals surface area contributed by atoms with Gasteiger partial charge in [-0.05, 0) is 73.8 Å². The number of benzene rings is 1. The molecule has 0 radical (unpaired) electrons. The molecule has 4 nitrogen and oxygen atoms in total. The van der Waals surface area contributed by atoms with E-state index in [2.05, 4.69) is 10.9 Å². The largest absolute Gasteiger partial charge is 0.273 e. The first-order valence-electron chi connectivity index (χ1n) is 8.87. The predicted octanol–water partition coefficient (Wildman–Crippen LogP) is 3.19. The average Bonchev–Trinajstić information content (AvgIpc) is 2.51. The molecule has 5 rings (SSSR count). The maximum Gasteiger partial charge on any atom is 0.272 e. The molecule has 4 aliphatic carbocycles. The molecule has 1 aromatic carbocycles. The van der Waals surface area contributed by atoms with Gasteiger partial charge in [-0.15, -0.1) is 0 Å². The first-order chi connectivity index (χ1) is 11.5. The van der Waals surface area contributed by atoms with Gasteiger partial charge in [0.25, 0.3) is 5.91 Å². The topological polar surface area (TPSA) is 58.2 Å². The summed E-state index contributed by atoms with van der Waals surface area (Å²) in [7, 11) is 0. The van der Waals surface area contributed by atoms with Crippen LogP contribution in [0.2, 0.25) is 0 Å². The summed E-state index contributed by atoms with van der Waals surface area (Å²) in [5.41, 5.74) is 4.89. The molecule has 4 saturated carbocycles. The molecule has 0 saturated heterocycles. The minimum Gasteiger partial charge on any atom is -0.273 e. The van der Waals surface area contributed by atoms with Crippen LogP contribution < -0.4 is 10.9 Å². The van der Waals surface area contributed by atoms with Crippen molar-refractivity contribution < 1.29 is 14.0 Å². The summed E-state index contributed by atoms with van der Waals surface area (Å²) in [6, 6.07) is 5.75. The number of rotatable bonds is 3. The minimum absolute atomic E-state index is 0.0624. The molecule has 1 aromatic rings. The lowest BCUT2D eigenvalue weighted by atomic mass is 9.49. The lowest BCUT2D eigenvalue weighted by Gasteiger charge is -2.56. The van der Waals surface area contributed by atoms with Crippen LogP contribution in [-0.4, -0.2) is 11.8 Å². The van der Waals surface area contributed by atoms with Gasteiger partial charge in [0.15, 0.2) is 0 Å². The number of amides is 2. The molecule has 0 atom stereocenters. The van der Waals surface area contributed by atoms with Crippen molar-refractivity contribution in [2.45, 2.75) is 44.9 Å². The van der Waals surface area contributed by atoms with Crippen LogP contribution in [0.3, 0.4) is 0 Å². The van der Waals surface area contributed by atoms with E-state index in [1.54, 1.807) is 6.07 Å². The first kappa shape index (κ1) is 15.6. The Balaban J connectivity index is 1.34. The normalized spacial score (nSPS) is 33.3. The maximum absolute atomic E-state index is 13.6. The third-order valence-electron chi connectivity index (χ3n) is 6.13. The lowest BCUT2D eigenvalue weighted by Crippen LogP contribution is -2.50. The summed E-state index contributed by atoms with van der Waals surface area (Å²) in [6.07, 6.45) is 7.92. The number of hydrazine groups is 1. The third-order valence-corrected chi connectivity index (χ3v) is 6.13. The van der Waals surface area contributed by atoms with Crippen molar-refractivity contribution in [1.29, 1.82) is 0 Å². The number of halogens is 1. The van der Waals surface area contributed by atoms with Crippen molar-refractivity contribution in [3.8, 4) is 0 Å². The molecule has 4 aliphatic rings. The van der Waals surface area contributed by atoms with Gasteiger partial charge in [-0.1, -0.05) is 12.1 Å². The molecule has 4 fully saturated rings. The summed E-state index contributed by atoms with van der Waals surface area (Å²) in [5, 5.41) is 0. The Morgan fingerprint density at radius 2 is 1.58 bits per heavy atom. The van der Waals surface area contributed by atoms with Gasteiger partial charge in [0, 0.05) is 6.42 Å². The van der Waals surface area contributed by atoms with Gasteiger partial charge in [-0.3, -0.25) is 20.4 Å². The van der Waals surface area contributed by atoms with Crippen LogP contribution in [0.25, 0.3) is 0 Å². The van der Waals surface area contributed by atoms with Gasteiger partial charge in [-0.25, -0.2) is 4.39 Å². The fraction of sp³-hybridized carbons (Fsp3) is 0.579. The Morgan fingerprint density at radius 3 is 2.17 bits per heavy atom. The Hall–Kier alpha value is -1.91. The fourth-order valence-corrected chi connectivity index (χ4v) is 5.73. The number of hydrogen-bond acceptors (Lipinski definition) is 2. The van der Waals surface area contributed by atoms with Crippen LogP contribution in [0, 0.1) is 29.0 Å². The number of carbonyl (C=O) groups is 2. The van der Waals surface area contributed by atoms with Gasteiger partial charge >= 0.3 is 0 Å². The van der Waals surface area contributed by atoms with Gasteiger partial charge in [0.2, 0.25) is 5.91 Å². The zero-order valence-corrected chi connectivity index (χ0v) is 13.7. The Labute approximate surface area is 141 Å². The van der Waals surface area contributed by atoms with Gasteiger partial charge in [0.05, 0.1) is 5.56 Å².